The maximum Gasteiger partial charge on any atom is 0.255 e. The van der Waals surface area contributed by atoms with Crippen molar-refractivity contribution in [2.75, 3.05) is 6.61 Å². The molecule has 1 aromatic carbocycles. The van der Waals surface area contributed by atoms with Crippen LogP contribution < -0.4 is 10.1 Å². The highest BCUT2D eigenvalue weighted by molar-refractivity contribution is 5.96. The molecule has 23 heavy (non-hydrogen) atoms. The van der Waals surface area contributed by atoms with Gasteiger partial charge in [0.1, 0.15) is 5.75 Å². The molecule has 2 heterocycles. The summed E-state index contributed by atoms with van der Waals surface area (Å²) in [4.78, 5) is 12.5. The zero-order valence-corrected chi connectivity index (χ0v) is 13.3. The lowest BCUT2D eigenvalue weighted by Crippen LogP contribution is -2.24. The summed E-state index contributed by atoms with van der Waals surface area (Å²) in [6.07, 6.45) is 4.37. The minimum atomic E-state index is -0.0351. The normalized spacial score (nSPS) is 16.6. The summed E-state index contributed by atoms with van der Waals surface area (Å²) in [5.74, 6) is 1.40. The first-order chi connectivity index (χ1) is 11.2. The van der Waals surface area contributed by atoms with Gasteiger partial charge in [0, 0.05) is 18.2 Å². The van der Waals surface area contributed by atoms with Crippen molar-refractivity contribution in [3.8, 4) is 5.75 Å². The molecule has 2 aromatic rings. The van der Waals surface area contributed by atoms with Crippen molar-refractivity contribution in [3.63, 3.8) is 0 Å². The Morgan fingerprint density at radius 2 is 2.30 bits per heavy atom. The molecule has 0 saturated heterocycles. The number of hydrogen-bond acceptors (Lipinski definition) is 3. The van der Waals surface area contributed by atoms with Gasteiger partial charge in [-0.3, -0.25) is 9.89 Å². The van der Waals surface area contributed by atoms with Crippen LogP contribution in [0.1, 0.15) is 58.1 Å². The van der Waals surface area contributed by atoms with Crippen LogP contribution in [0.2, 0.25) is 0 Å². The Morgan fingerprint density at radius 1 is 1.43 bits per heavy atom. The SMILES string of the molecule is Cc1[nH]nc(C2CC2)c1C(=O)NCc1ccc2c(c1)CCCO2. The molecule has 1 amide bonds. The summed E-state index contributed by atoms with van der Waals surface area (Å²) in [5, 5.41) is 10.3. The third-order valence-electron chi connectivity index (χ3n) is 4.59. The van der Waals surface area contributed by atoms with E-state index in [2.05, 4.69) is 21.6 Å². The lowest BCUT2D eigenvalue weighted by molar-refractivity contribution is 0.0949. The van der Waals surface area contributed by atoms with E-state index in [1.165, 1.54) is 5.56 Å². The Kier molecular flexibility index (Phi) is 3.56. The maximum absolute atomic E-state index is 12.5. The number of rotatable bonds is 4. The van der Waals surface area contributed by atoms with Gasteiger partial charge in [-0.15, -0.1) is 0 Å². The summed E-state index contributed by atoms with van der Waals surface area (Å²) in [6, 6.07) is 6.17. The van der Waals surface area contributed by atoms with Gasteiger partial charge in [0.2, 0.25) is 0 Å². The summed E-state index contributed by atoms with van der Waals surface area (Å²) in [5.41, 5.74) is 4.86. The van der Waals surface area contributed by atoms with Gasteiger partial charge in [-0.05, 0) is 49.8 Å². The van der Waals surface area contributed by atoms with Crippen LogP contribution in [0.15, 0.2) is 18.2 Å². The van der Waals surface area contributed by atoms with Crippen LogP contribution in [0, 0.1) is 6.92 Å². The summed E-state index contributed by atoms with van der Waals surface area (Å²) < 4.78 is 5.63. The molecule has 1 aromatic heterocycles. The highest BCUT2D eigenvalue weighted by Gasteiger charge is 2.31. The smallest absolute Gasteiger partial charge is 0.255 e. The molecular weight excluding hydrogens is 290 g/mol. The maximum atomic E-state index is 12.5. The summed E-state index contributed by atoms with van der Waals surface area (Å²) in [7, 11) is 0. The largest absolute Gasteiger partial charge is 0.493 e. The quantitative estimate of drug-likeness (QED) is 0.912. The number of aromatic nitrogens is 2. The third kappa shape index (κ3) is 2.83. The topological polar surface area (TPSA) is 67.0 Å². The van der Waals surface area contributed by atoms with Crippen molar-refractivity contribution < 1.29 is 9.53 Å². The van der Waals surface area contributed by atoms with E-state index in [0.29, 0.717) is 12.5 Å². The molecule has 1 fully saturated rings. The lowest BCUT2D eigenvalue weighted by Gasteiger charge is -2.18. The number of H-pyrrole nitrogens is 1. The molecule has 5 nitrogen and oxygen atoms in total. The first kappa shape index (κ1) is 14.3. The van der Waals surface area contributed by atoms with Crippen LogP contribution in [0.4, 0.5) is 0 Å². The number of hydrogen-bond donors (Lipinski definition) is 2. The number of nitrogens with zero attached hydrogens (tertiary/aromatic N) is 1. The van der Waals surface area contributed by atoms with E-state index in [1.807, 2.05) is 19.1 Å². The van der Waals surface area contributed by atoms with E-state index in [-0.39, 0.29) is 5.91 Å². The minimum absolute atomic E-state index is 0.0351. The lowest BCUT2D eigenvalue weighted by atomic mass is 10.0. The van der Waals surface area contributed by atoms with Crippen LogP contribution >= 0.6 is 0 Å². The van der Waals surface area contributed by atoms with Crippen molar-refractivity contribution in [1.29, 1.82) is 0 Å². The molecular formula is C18H21N3O2. The summed E-state index contributed by atoms with van der Waals surface area (Å²) >= 11 is 0. The minimum Gasteiger partial charge on any atom is -0.493 e. The Bertz CT molecular complexity index is 747. The van der Waals surface area contributed by atoms with Crippen LogP contribution in [0.25, 0.3) is 0 Å². The van der Waals surface area contributed by atoms with E-state index >= 15 is 0 Å². The molecule has 1 aliphatic heterocycles. The van der Waals surface area contributed by atoms with Gasteiger partial charge in [0.15, 0.2) is 0 Å². The number of aromatic amines is 1. The molecule has 1 saturated carbocycles. The second-order valence-corrected chi connectivity index (χ2v) is 6.46. The van der Waals surface area contributed by atoms with E-state index < -0.39 is 0 Å². The van der Waals surface area contributed by atoms with Crippen molar-refractivity contribution in [3.05, 3.63) is 46.3 Å². The van der Waals surface area contributed by atoms with Gasteiger partial charge in [0.25, 0.3) is 5.91 Å². The van der Waals surface area contributed by atoms with E-state index in [9.17, 15) is 4.79 Å². The van der Waals surface area contributed by atoms with Gasteiger partial charge < -0.3 is 10.1 Å². The summed E-state index contributed by atoms with van der Waals surface area (Å²) in [6.45, 7) is 3.23. The second kappa shape index (κ2) is 5.72. The van der Waals surface area contributed by atoms with E-state index in [4.69, 9.17) is 4.74 Å². The molecule has 0 bridgehead atoms. The third-order valence-corrected chi connectivity index (χ3v) is 4.59. The first-order valence-electron chi connectivity index (χ1n) is 8.30. The number of ether oxygens (including phenoxy) is 1. The number of aryl methyl sites for hydroxylation is 2. The molecule has 0 unspecified atom stereocenters. The van der Waals surface area contributed by atoms with Crippen LogP contribution in [0.5, 0.6) is 5.75 Å². The molecule has 2 aliphatic rings. The second-order valence-electron chi connectivity index (χ2n) is 6.46. The van der Waals surface area contributed by atoms with Gasteiger partial charge in [-0.2, -0.15) is 5.10 Å². The molecule has 0 radical (unpaired) electrons. The van der Waals surface area contributed by atoms with Crippen LogP contribution in [-0.2, 0) is 13.0 Å². The number of amides is 1. The number of benzene rings is 1. The van der Waals surface area contributed by atoms with Gasteiger partial charge in [-0.25, -0.2) is 0 Å². The first-order valence-corrected chi connectivity index (χ1v) is 8.30. The Labute approximate surface area is 135 Å². The van der Waals surface area contributed by atoms with Crippen LogP contribution in [0.3, 0.4) is 0 Å². The Morgan fingerprint density at radius 3 is 3.13 bits per heavy atom. The van der Waals surface area contributed by atoms with E-state index in [1.54, 1.807) is 0 Å². The molecule has 5 heteroatoms. The average Bonchev–Trinajstić information content (AvgIpc) is 3.35. The molecule has 0 spiro atoms. The van der Waals surface area contributed by atoms with Crippen molar-refractivity contribution in [2.45, 2.75) is 45.1 Å². The fraction of sp³-hybridized carbons (Fsp3) is 0.444. The molecule has 4 rings (SSSR count). The predicted octanol–water partition coefficient (Wildman–Crippen LogP) is 2.85. The number of fused-ring (bicyclic) bond motifs is 1. The number of carbonyl (C=O) groups is 1. The Hall–Kier alpha value is -2.30. The predicted molar refractivity (Wildman–Crippen MR) is 86.7 cm³/mol. The Balaban J connectivity index is 1.47. The highest BCUT2D eigenvalue weighted by Crippen LogP contribution is 2.41. The fourth-order valence-electron chi connectivity index (χ4n) is 3.18. The molecule has 1 aliphatic carbocycles. The zero-order chi connectivity index (χ0) is 15.8. The molecule has 0 atom stereocenters. The molecule has 2 N–H and O–H groups in total. The number of carbonyl (C=O) groups excluding carboxylic acids is 1. The van der Waals surface area contributed by atoms with E-state index in [0.717, 1.165) is 60.6 Å². The fourth-order valence-corrected chi connectivity index (χ4v) is 3.18. The van der Waals surface area contributed by atoms with Gasteiger partial charge in [-0.1, -0.05) is 12.1 Å². The van der Waals surface area contributed by atoms with Crippen molar-refractivity contribution >= 4 is 5.91 Å². The standard InChI is InChI=1S/C18H21N3O2/c1-11-16(17(21-20-11)13-5-6-13)18(22)19-10-12-4-7-15-14(9-12)3-2-8-23-15/h4,7,9,13H,2-3,5-6,8,10H2,1H3,(H,19,22)(H,20,21). The van der Waals surface area contributed by atoms with Crippen LogP contribution in [-0.4, -0.2) is 22.7 Å². The highest BCUT2D eigenvalue weighted by atomic mass is 16.5. The van der Waals surface area contributed by atoms with Gasteiger partial charge >= 0.3 is 0 Å². The van der Waals surface area contributed by atoms with Crippen molar-refractivity contribution in [1.82, 2.24) is 15.5 Å². The van der Waals surface area contributed by atoms with Gasteiger partial charge in [0.05, 0.1) is 17.9 Å². The molecule has 120 valence electrons. The average molecular weight is 311 g/mol. The number of nitrogens with one attached hydrogen (secondary N) is 2. The monoisotopic (exact) mass is 311 g/mol. The zero-order valence-electron chi connectivity index (χ0n) is 13.3. The van der Waals surface area contributed by atoms with Crippen molar-refractivity contribution in [2.24, 2.45) is 0 Å².